The van der Waals surface area contributed by atoms with Crippen molar-refractivity contribution >= 4 is 23.3 Å². The molecule has 7 nitrogen and oxygen atoms in total. The van der Waals surface area contributed by atoms with E-state index in [4.69, 9.17) is 5.11 Å². The number of carboxylic acids is 2. The van der Waals surface area contributed by atoms with Crippen LogP contribution in [0.4, 0.5) is 5.69 Å². The van der Waals surface area contributed by atoms with Crippen LogP contribution in [0.5, 0.6) is 0 Å². The number of aromatic nitrogens is 2. The molecule has 2 rings (SSSR count). The van der Waals surface area contributed by atoms with Gasteiger partial charge in [0.25, 0.3) is 0 Å². The third-order valence-electron chi connectivity index (χ3n) is 3.31. The van der Waals surface area contributed by atoms with Gasteiger partial charge in [-0.05, 0) is 18.6 Å². The first-order valence-electron chi connectivity index (χ1n) is 6.61. The van der Waals surface area contributed by atoms with E-state index in [2.05, 4.69) is 4.98 Å². The monoisotopic (exact) mass is 291 g/mol. The van der Waals surface area contributed by atoms with E-state index in [-0.39, 0.29) is 12.1 Å². The molecule has 2 N–H and O–H groups in total. The topological polar surface area (TPSA) is 95.1 Å². The van der Waals surface area contributed by atoms with Crippen molar-refractivity contribution in [1.29, 1.82) is 0 Å². The van der Waals surface area contributed by atoms with Crippen LogP contribution in [0.1, 0.15) is 29.5 Å². The highest BCUT2D eigenvalue weighted by Crippen LogP contribution is 2.19. The molecule has 0 aliphatic carbocycles. The van der Waals surface area contributed by atoms with Crippen molar-refractivity contribution in [3.8, 4) is 0 Å². The maximum absolute atomic E-state index is 11.4. The largest absolute Gasteiger partial charge is 0.481 e. The van der Waals surface area contributed by atoms with Gasteiger partial charge in [0.05, 0.1) is 17.8 Å². The van der Waals surface area contributed by atoms with Crippen LogP contribution < -0.4 is 4.90 Å². The Bertz CT molecular complexity index is 693. The molecule has 0 aliphatic rings. The minimum Gasteiger partial charge on any atom is -0.481 e. The molecular weight excluding hydrogens is 274 g/mol. The molecular formula is C14H17N3O4. The molecule has 0 spiro atoms. The summed E-state index contributed by atoms with van der Waals surface area (Å²) < 4.78 is 1.54. The van der Waals surface area contributed by atoms with Gasteiger partial charge in [-0.25, -0.2) is 9.78 Å². The normalized spacial score (nSPS) is 10.8. The zero-order chi connectivity index (χ0) is 15.6. The molecule has 0 saturated carbocycles. The van der Waals surface area contributed by atoms with Gasteiger partial charge >= 0.3 is 11.9 Å². The molecule has 0 radical (unpaired) electrons. The average molecular weight is 291 g/mol. The lowest BCUT2D eigenvalue weighted by atomic mass is 10.2. The summed E-state index contributed by atoms with van der Waals surface area (Å²) in [6, 6.07) is 3.54. The van der Waals surface area contributed by atoms with Crippen molar-refractivity contribution in [1.82, 2.24) is 9.38 Å². The summed E-state index contributed by atoms with van der Waals surface area (Å²) in [5, 5.41) is 18.1. The van der Waals surface area contributed by atoms with Crippen LogP contribution in [0, 0.1) is 0 Å². The second kappa shape index (κ2) is 5.82. The minimum absolute atomic E-state index is 0.0183. The number of fused-ring (bicyclic) bond motifs is 1. The lowest BCUT2D eigenvalue weighted by molar-refractivity contribution is -0.136. The molecule has 0 bridgehead atoms. The predicted octanol–water partition coefficient (Wildman–Crippen LogP) is 1.51. The quantitative estimate of drug-likeness (QED) is 0.837. The summed E-state index contributed by atoms with van der Waals surface area (Å²) in [4.78, 5) is 28.1. The highest BCUT2D eigenvalue weighted by Gasteiger charge is 2.18. The predicted molar refractivity (Wildman–Crippen MR) is 77.1 cm³/mol. The molecule has 0 aliphatic heterocycles. The van der Waals surface area contributed by atoms with Gasteiger partial charge < -0.3 is 15.1 Å². The summed E-state index contributed by atoms with van der Waals surface area (Å²) >= 11 is 0. The van der Waals surface area contributed by atoms with E-state index in [0.717, 1.165) is 5.69 Å². The van der Waals surface area contributed by atoms with E-state index in [9.17, 15) is 14.7 Å². The lowest BCUT2D eigenvalue weighted by Crippen LogP contribution is -2.21. The van der Waals surface area contributed by atoms with Gasteiger partial charge in [0.1, 0.15) is 5.65 Å². The highest BCUT2D eigenvalue weighted by atomic mass is 16.4. The number of carbonyl (C=O) groups is 2. The third-order valence-corrected chi connectivity index (χ3v) is 3.31. The molecule has 21 heavy (non-hydrogen) atoms. The molecule has 0 unspecified atom stereocenters. The molecule has 7 heteroatoms. The number of aliphatic carboxylic acids is 1. The zero-order valence-corrected chi connectivity index (χ0v) is 11.9. The Labute approximate surface area is 121 Å². The fourth-order valence-corrected chi connectivity index (χ4v) is 2.17. The van der Waals surface area contributed by atoms with Crippen molar-refractivity contribution in [3.05, 3.63) is 29.7 Å². The first kappa shape index (κ1) is 14.8. The number of anilines is 1. The molecule has 0 fully saturated rings. The number of hydrogen-bond donors (Lipinski definition) is 2. The number of aromatic carboxylic acids is 1. The Morgan fingerprint density at radius 1 is 1.33 bits per heavy atom. The number of carboxylic acid groups (broad SMARTS) is 2. The van der Waals surface area contributed by atoms with Crippen LogP contribution in [0.3, 0.4) is 0 Å². The molecule has 2 aromatic rings. The van der Waals surface area contributed by atoms with Crippen molar-refractivity contribution in [2.24, 2.45) is 0 Å². The number of pyridine rings is 1. The van der Waals surface area contributed by atoms with Gasteiger partial charge in [0.2, 0.25) is 0 Å². The number of rotatable bonds is 6. The minimum atomic E-state index is -1.02. The zero-order valence-electron chi connectivity index (χ0n) is 11.9. The standard InChI is InChI=1S/C14H17N3O4/c1-3-10-13(14(20)21)17-8-9(4-5-11(17)15-10)16(2)7-6-12(18)19/h4-5,8H,3,6-7H2,1-2H3,(H,18,19)(H,20,21). The van der Waals surface area contributed by atoms with Crippen molar-refractivity contribution < 1.29 is 19.8 Å². The van der Waals surface area contributed by atoms with E-state index >= 15 is 0 Å². The van der Waals surface area contributed by atoms with Gasteiger partial charge in [-0.1, -0.05) is 6.92 Å². The number of hydrogen-bond acceptors (Lipinski definition) is 4. The summed E-state index contributed by atoms with van der Waals surface area (Å²) in [6.45, 7) is 2.20. The van der Waals surface area contributed by atoms with Crippen LogP contribution in [0.25, 0.3) is 5.65 Å². The van der Waals surface area contributed by atoms with Gasteiger partial charge in [0.15, 0.2) is 5.69 Å². The third kappa shape index (κ3) is 2.96. The SMILES string of the molecule is CCc1nc2ccc(N(C)CCC(=O)O)cn2c1C(=O)O. The number of imidazole rings is 1. The van der Waals surface area contributed by atoms with Gasteiger partial charge in [-0.3, -0.25) is 9.20 Å². The smallest absolute Gasteiger partial charge is 0.354 e. The summed E-state index contributed by atoms with van der Waals surface area (Å²) in [5.41, 5.74) is 2.00. The number of aryl methyl sites for hydroxylation is 1. The van der Waals surface area contributed by atoms with Gasteiger partial charge in [-0.2, -0.15) is 0 Å². The first-order chi connectivity index (χ1) is 9.93. The van der Waals surface area contributed by atoms with E-state index in [1.54, 1.807) is 30.3 Å². The van der Waals surface area contributed by atoms with Crippen molar-refractivity contribution in [2.45, 2.75) is 19.8 Å². The second-order valence-electron chi connectivity index (χ2n) is 4.75. The Morgan fingerprint density at radius 2 is 2.05 bits per heavy atom. The summed E-state index contributed by atoms with van der Waals surface area (Å²) in [5.74, 6) is -1.89. The number of nitrogens with zero attached hydrogens (tertiary/aromatic N) is 3. The Hall–Kier alpha value is -2.57. The first-order valence-corrected chi connectivity index (χ1v) is 6.61. The fourth-order valence-electron chi connectivity index (χ4n) is 2.17. The molecule has 0 atom stereocenters. The lowest BCUT2D eigenvalue weighted by Gasteiger charge is -2.18. The molecule has 0 aromatic carbocycles. The van der Waals surface area contributed by atoms with E-state index in [1.165, 1.54) is 4.40 Å². The second-order valence-corrected chi connectivity index (χ2v) is 4.75. The summed E-state index contributed by atoms with van der Waals surface area (Å²) in [7, 11) is 1.77. The fraction of sp³-hybridized carbons (Fsp3) is 0.357. The van der Waals surface area contributed by atoms with Crippen LogP contribution in [-0.2, 0) is 11.2 Å². The van der Waals surface area contributed by atoms with Crippen molar-refractivity contribution in [2.75, 3.05) is 18.5 Å². The van der Waals surface area contributed by atoms with Crippen molar-refractivity contribution in [3.63, 3.8) is 0 Å². The molecule has 112 valence electrons. The van der Waals surface area contributed by atoms with Gasteiger partial charge in [-0.15, -0.1) is 0 Å². The maximum atomic E-state index is 11.4. The van der Waals surface area contributed by atoms with Crippen LogP contribution in [0.15, 0.2) is 18.3 Å². The van der Waals surface area contributed by atoms with E-state index < -0.39 is 11.9 Å². The van der Waals surface area contributed by atoms with Crippen LogP contribution in [0.2, 0.25) is 0 Å². The Morgan fingerprint density at radius 3 is 2.62 bits per heavy atom. The molecule has 2 heterocycles. The Balaban J connectivity index is 2.42. The average Bonchev–Trinajstić information content (AvgIpc) is 2.82. The molecule has 0 saturated heterocycles. The molecule has 2 aromatic heterocycles. The molecule has 0 amide bonds. The maximum Gasteiger partial charge on any atom is 0.354 e. The van der Waals surface area contributed by atoms with E-state index in [1.807, 2.05) is 6.92 Å². The van der Waals surface area contributed by atoms with Gasteiger partial charge in [0, 0.05) is 19.8 Å². The van der Waals surface area contributed by atoms with Crippen LogP contribution >= 0.6 is 0 Å². The summed E-state index contributed by atoms with van der Waals surface area (Å²) in [6.07, 6.45) is 2.23. The van der Waals surface area contributed by atoms with Crippen LogP contribution in [-0.4, -0.2) is 45.1 Å². The van der Waals surface area contributed by atoms with E-state index in [0.29, 0.717) is 24.3 Å². The highest BCUT2D eigenvalue weighted by molar-refractivity contribution is 5.88. The Kier molecular flexibility index (Phi) is 4.11.